The zero-order valence-electron chi connectivity index (χ0n) is 14.7. The van der Waals surface area contributed by atoms with Crippen LogP contribution in [0.25, 0.3) is 5.69 Å². The van der Waals surface area contributed by atoms with Gasteiger partial charge >= 0.3 is 0 Å². The van der Waals surface area contributed by atoms with Crippen molar-refractivity contribution in [2.45, 2.75) is 25.3 Å². The minimum atomic E-state index is -0.239. The Bertz CT molecular complexity index is 988. The van der Waals surface area contributed by atoms with E-state index in [0.717, 1.165) is 19.3 Å². The van der Waals surface area contributed by atoms with Crippen LogP contribution in [0.3, 0.4) is 0 Å². The first-order valence-electron chi connectivity index (χ1n) is 8.87. The molecule has 1 aromatic heterocycles. The minimum absolute atomic E-state index is 0.0380. The fourth-order valence-electron chi connectivity index (χ4n) is 3.74. The maximum atomic E-state index is 13.0. The van der Waals surface area contributed by atoms with Gasteiger partial charge in [-0.1, -0.05) is 42.5 Å². The van der Waals surface area contributed by atoms with E-state index in [0.29, 0.717) is 11.4 Å². The summed E-state index contributed by atoms with van der Waals surface area (Å²) in [6.45, 7) is 0. The Morgan fingerprint density at radius 3 is 2.65 bits per heavy atom. The largest absolute Gasteiger partial charge is 0.333 e. The van der Waals surface area contributed by atoms with Crippen molar-refractivity contribution in [3.8, 4) is 5.69 Å². The molecule has 0 saturated carbocycles. The summed E-state index contributed by atoms with van der Waals surface area (Å²) in [4.78, 5) is 27.0. The Hall–Kier alpha value is -3.08. The molecule has 1 heterocycles. The third-order valence-electron chi connectivity index (χ3n) is 5.09. The number of nitrogens with zero attached hydrogens (tertiary/aromatic N) is 2. The molecule has 1 aliphatic rings. The Morgan fingerprint density at radius 1 is 1.12 bits per heavy atom. The molecule has 4 rings (SSSR count). The molecule has 5 nitrogen and oxygen atoms in total. The number of nitrogens with one attached hydrogen (secondary N) is 1. The summed E-state index contributed by atoms with van der Waals surface area (Å²) in [6, 6.07) is 19.0. The number of carbonyl (C=O) groups excluding carboxylic acids is 1. The van der Waals surface area contributed by atoms with Crippen molar-refractivity contribution in [3.63, 3.8) is 0 Å². The highest BCUT2D eigenvalue weighted by Crippen LogP contribution is 2.33. The molecule has 0 bridgehead atoms. The molecule has 1 unspecified atom stereocenters. The molecule has 1 aliphatic carbocycles. The number of para-hydroxylation sites is 1. The van der Waals surface area contributed by atoms with Gasteiger partial charge in [0, 0.05) is 13.1 Å². The van der Waals surface area contributed by atoms with Gasteiger partial charge in [-0.3, -0.25) is 14.7 Å². The summed E-state index contributed by atoms with van der Waals surface area (Å²) in [5, 5.41) is 2.95. The van der Waals surface area contributed by atoms with Crippen molar-refractivity contribution in [2.24, 2.45) is 0 Å². The predicted molar refractivity (Wildman–Crippen MR) is 101 cm³/mol. The van der Waals surface area contributed by atoms with Crippen molar-refractivity contribution in [1.29, 1.82) is 0 Å². The second kappa shape index (κ2) is 6.67. The lowest BCUT2D eigenvalue weighted by Gasteiger charge is -2.33. The van der Waals surface area contributed by atoms with Crippen molar-refractivity contribution in [3.05, 3.63) is 87.8 Å². The Balaban J connectivity index is 1.64. The topological polar surface area (TPSA) is 58.1 Å². The Morgan fingerprint density at radius 2 is 1.85 bits per heavy atom. The van der Waals surface area contributed by atoms with E-state index in [1.807, 2.05) is 49.5 Å². The van der Waals surface area contributed by atoms with Gasteiger partial charge in [-0.05, 0) is 42.5 Å². The van der Waals surface area contributed by atoms with Gasteiger partial charge in [0.1, 0.15) is 5.69 Å². The van der Waals surface area contributed by atoms with Gasteiger partial charge < -0.3 is 4.90 Å². The van der Waals surface area contributed by atoms with Crippen LogP contribution in [0, 0.1) is 0 Å². The van der Waals surface area contributed by atoms with E-state index in [-0.39, 0.29) is 17.5 Å². The normalized spacial score (nSPS) is 16.1. The van der Waals surface area contributed by atoms with Gasteiger partial charge in [-0.25, -0.2) is 4.68 Å². The molecular formula is C21H21N3O2. The monoisotopic (exact) mass is 347 g/mol. The van der Waals surface area contributed by atoms with Gasteiger partial charge in [0.05, 0.1) is 11.7 Å². The third-order valence-corrected chi connectivity index (χ3v) is 5.09. The van der Waals surface area contributed by atoms with Crippen LogP contribution in [0.2, 0.25) is 0 Å². The third kappa shape index (κ3) is 2.86. The molecule has 132 valence electrons. The van der Waals surface area contributed by atoms with Crippen molar-refractivity contribution < 1.29 is 4.79 Å². The average molecular weight is 347 g/mol. The highest BCUT2D eigenvalue weighted by molar-refractivity contribution is 5.92. The van der Waals surface area contributed by atoms with E-state index < -0.39 is 0 Å². The number of aromatic nitrogens is 2. The first kappa shape index (κ1) is 16.4. The molecule has 1 atom stereocenters. The molecule has 0 fully saturated rings. The minimum Gasteiger partial charge on any atom is -0.333 e. The van der Waals surface area contributed by atoms with Crippen LogP contribution < -0.4 is 5.56 Å². The lowest BCUT2D eigenvalue weighted by Crippen LogP contribution is -2.33. The van der Waals surface area contributed by atoms with Crippen molar-refractivity contribution in [2.75, 3.05) is 7.05 Å². The SMILES string of the molecule is CN(C(=O)c1cc(=O)n(-c2ccccc2)[nH]1)C1CCCc2ccccc21. The number of rotatable bonds is 3. The van der Waals surface area contributed by atoms with Gasteiger partial charge in [0.25, 0.3) is 11.5 Å². The molecule has 1 amide bonds. The number of benzene rings is 2. The number of aromatic amines is 1. The van der Waals surface area contributed by atoms with E-state index in [1.54, 1.807) is 4.90 Å². The van der Waals surface area contributed by atoms with Gasteiger partial charge in [0.2, 0.25) is 0 Å². The summed E-state index contributed by atoms with van der Waals surface area (Å²) in [7, 11) is 1.81. The second-order valence-corrected chi connectivity index (χ2v) is 6.70. The van der Waals surface area contributed by atoms with Crippen molar-refractivity contribution >= 4 is 5.91 Å². The van der Waals surface area contributed by atoms with E-state index in [2.05, 4.69) is 17.2 Å². The summed E-state index contributed by atoms with van der Waals surface area (Å²) in [6.07, 6.45) is 3.04. The smallest absolute Gasteiger partial charge is 0.272 e. The predicted octanol–water partition coefficient (Wildman–Crippen LogP) is 3.32. The number of carbonyl (C=O) groups is 1. The number of H-pyrrole nitrogens is 1. The molecule has 26 heavy (non-hydrogen) atoms. The van der Waals surface area contributed by atoms with Crippen LogP contribution >= 0.6 is 0 Å². The van der Waals surface area contributed by atoms with E-state index in [9.17, 15) is 9.59 Å². The Kier molecular flexibility index (Phi) is 4.21. The van der Waals surface area contributed by atoms with E-state index in [4.69, 9.17) is 0 Å². The summed E-state index contributed by atoms with van der Waals surface area (Å²) in [5.41, 5.74) is 3.29. The maximum Gasteiger partial charge on any atom is 0.272 e. The molecule has 2 aromatic carbocycles. The molecule has 0 saturated heterocycles. The molecular weight excluding hydrogens is 326 g/mol. The fourth-order valence-corrected chi connectivity index (χ4v) is 3.74. The standard InChI is InChI=1S/C21H21N3O2/c1-23(19-13-7-9-15-8-5-6-12-17(15)19)21(26)18-14-20(25)24(22-18)16-10-3-2-4-11-16/h2-6,8,10-12,14,19,22H,7,9,13H2,1H3. The van der Waals surface area contributed by atoms with Crippen LogP contribution in [0.1, 0.15) is 40.5 Å². The van der Waals surface area contributed by atoms with Gasteiger partial charge in [-0.15, -0.1) is 0 Å². The lowest BCUT2D eigenvalue weighted by atomic mass is 9.87. The van der Waals surface area contributed by atoms with Crippen LogP contribution in [0.15, 0.2) is 65.5 Å². The maximum absolute atomic E-state index is 13.0. The number of amides is 1. The number of hydrogen-bond donors (Lipinski definition) is 1. The van der Waals surface area contributed by atoms with Crippen LogP contribution in [-0.2, 0) is 6.42 Å². The quantitative estimate of drug-likeness (QED) is 0.790. The average Bonchev–Trinajstić information content (AvgIpc) is 3.08. The van der Waals surface area contributed by atoms with Gasteiger partial charge in [0.15, 0.2) is 0 Å². The molecule has 1 N–H and O–H groups in total. The Labute approximate surface area is 151 Å². The highest BCUT2D eigenvalue weighted by Gasteiger charge is 2.28. The summed E-state index contributed by atoms with van der Waals surface area (Å²) < 4.78 is 1.40. The number of aryl methyl sites for hydroxylation is 1. The molecule has 0 spiro atoms. The summed E-state index contributed by atoms with van der Waals surface area (Å²) >= 11 is 0. The number of hydrogen-bond acceptors (Lipinski definition) is 2. The fraction of sp³-hybridized carbons (Fsp3) is 0.238. The zero-order chi connectivity index (χ0) is 18.1. The highest BCUT2D eigenvalue weighted by atomic mass is 16.2. The first-order valence-corrected chi connectivity index (χ1v) is 8.87. The van der Waals surface area contributed by atoms with Crippen LogP contribution in [0.4, 0.5) is 0 Å². The second-order valence-electron chi connectivity index (χ2n) is 6.70. The molecule has 0 aliphatic heterocycles. The van der Waals surface area contributed by atoms with Crippen molar-refractivity contribution in [1.82, 2.24) is 14.7 Å². The zero-order valence-corrected chi connectivity index (χ0v) is 14.7. The first-order chi connectivity index (χ1) is 12.6. The lowest BCUT2D eigenvalue weighted by molar-refractivity contribution is 0.0708. The molecule has 5 heteroatoms. The molecule has 0 radical (unpaired) electrons. The van der Waals surface area contributed by atoms with E-state index in [1.165, 1.54) is 21.9 Å². The van der Waals surface area contributed by atoms with Gasteiger partial charge in [-0.2, -0.15) is 0 Å². The number of fused-ring (bicyclic) bond motifs is 1. The van der Waals surface area contributed by atoms with Crippen LogP contribution in [0.5, 0.6) is 0 Å². The summed E-state index contributed by atoms with van der Waals surface area (Å²) in [5.74, 6) is -0.168. The van der Waals surface area contributed by atoms with E-state index >= 15 is 0 Å². The molecule has 3 aromatic rings. The van der Waals surface area contributed by atoms with Crippen LogP contribution in [-0.4, -0.2) is 27.6 Å².